The molecule has 6 heteroatoms. The molecule has 2 aromatic rings. The highest BCUT2D eigenvalue weighted by molar-refractivity contribution is 5.86. The SMILES string of the molecule is C=C(C)C(=O)OCC(CO)CC1CCC(c2ccc(-c3ccc(CCCCC)cc3F)c(F)c2F)CC1. The first-order chi connectivity index (χ1) is 17.7. The number of carbonyl (C=O) groups is 1. The molecule has 1 atom stereocenters. The third-order valence-electron chi connectivity index (χ3n) is 7.51. The fourth-order valence-electron chi connectivity index (χ4n) is 5.29. The number of esters is 1. The maximum Gasteiger partial charge on any atom is 0.333 e. The molecule has 1 saturated carbocycles. The summed E-state index contributed by atoms with van der Waals surface area (Å²) >= 11 is 0. The Labute approximate surface area is 218 Å². The molecule has 0 amide bonds. The average molecular weight is 517 g/mol. The van der Waals surface area contributed by atoms with Crippen LogP contribution in [0.1, 0.15) is 82.3 Å². The van der Waals surface area contributed by atoms with E-state index in [4.69, 9.17) is 4.74 Å². The van der Waals surface area contributed by atoms with Gasteiger partial charge in [0.05, 0.1) is 6.61 Å². The Hall–Kier alpha value is -2.60. The number of aryl methyl sites for hydroxylation is 1. The van der Waals surface area contributed by atoms with E-state index in [0.717, 1.165) is 44.1 Å². The minimum atomic E-state index is -1.00. The van der Waals surface area contributed by atoms with Gasteiger partial charge in [-0.3, -0.25) is 0 Å². The monoisotopic (exact) mass is 516 g/mol. The van der Waals surface area contributed by atoms with Crippen LogP contribution in [0.25, 0.3) is 11.1 Å². The number of hydrogen-bond donors (Lipinski definition) is 1. The molecule has 0 heterocycles. The maximum atomic E-state index is 15.2. The van der Waals surface area contributed by atoms with Gasteiger partial charge < -0.3 is 9.84 Å². The number of ether oxygens (including phenoxy) is 1. The predicted molar refractivity (Wildman–Crippen MR) is 141 cm³/mol. The molecule has 1 N–H and O–H groups in total. The molecule has 1 unspecified atom stereocenters. The Bertz CT molecular complexity index is 1070. The summed E-state index contributed by atoms with van der Waals surface area (Å²) in [5.41, 5.74) is 1.54. The third kappa shape index (κ3) is 7.70. The maximum absolute atomic E-state index is 15.2. The fourth-order valence-corrected chi connectivity index (χ4v) is 5.29. The van der Waals surface area contributed by atoms with Crippen molar-refractivity contribution in [3.8, 4) is 11.1 Å². The van der Waals surface area contributed by atoms with Gasteiger partial charge in [-0.15, -0.1) is 0 Å². The number of rotatable bonds is 12. The van der Waals surface area contributed by atoms with E-state index >= 15 is 8.78 Å². The molecule has 1 fully saturated rings. The molecule has 0 bridgehead atoms. The zero-order chi connectivity index (χ0) is 26.9. The van der Waals surface area contributed by atoms with Gasteiger partial charge in [-0.1, -0.05) is 50.6 Å². The highest BCUT2D eigenvalue weighted by Gasteiger charge is 2.28. The molecule has 2 aromatic carbocycles. The van der Waals surface area contributed by atoms with Gasteiger partial charge in [0.25, 0.3) is 0 Å². The van der Waals surface area contributed by atoms with Crippen molar-refractivity contribution in [2.24, 2.45) is 11.8 Å². The standard InChI is InChI=1S/C31H39F3O3/c1-4-5-6-7-21-10-13-26(28(32)17-21)27-15-14-25(29(33)30(27)34)24-11-8-22(9-12-24)16-23(18-35)19-37-31(36)20(2)3/h10,13-15,17,22-24,35H,2,4-9,11-12,16,18-19H2,1,3H3. The third-order valence-corrected chi connectivity index (χ3v) is 7.51. The quantitative estimate of drug-likeness (QED) is 0.177. The second-order valence-corrected chi connectivity index (χ2v) is 10.5. The zero-order valence-corrected chi connectivity index (χ0v) is 22.0. The van der Waals surface area contributed by atoms with Crippen LogP contribution in [0, 0.1) is 29.3 Å². The van der Waals surface area contributed by atoms with Crippen molar-refractivity contribution in [3.05, 3.63) is 71.1 Å². The van der Waals surface area contributed by atoms with Crippen LogP contribution in [0.4, 0.5) is 13.2 Å². The van der Waals surface area contributed by atoms with Crippen LogP contribution in [-0.2, 0) is 16.0 Å². The average Bonchev–Trinajstić information content (AvgIpc) is 2.89. The Morgan fingerprint density at radius 3 is 2.38 bits per heavy atom. The van der Waals surface area contributed by atoms with Crippen molar-refractivity contribution in [2.75, 3.05) is 13.2 Å². The number of carbonyl (C=O) groups excluding carboxylic acids is 1. The first kappa shape index (κ1) is 29.0. The van der Waals surface area contributed by atoms with E-state index in [2.05, 4.69) is 13.5 Å². The van der Waals surface area contributed by atoms with Crippen molar-refractivity contribution in [1.29, 1.82) is 0 Å². The molecule has 3 nitrogen and oxygen atoms in total. The summed E-state index contributed by atoms with van der Waals surface area (Å²) in [5, 5.41) is 9.68. The topological polar surface area (TPSA) is 46.5 Å². The summed E-state index contributed by atoms with van der Waals surface area (Å²) in [6.45, 7) is 7.30. The van der Waals surface area contributed by atoms with Crippen molar-refractivity contribution in [1.82, 2.24) is 0 Å². The lowest BCUT2D eigenvalue weighted by atomic mass is 9.75. The lowest BCUT2D eigenvalue weighted by Crippen LogP contribution is -2.23. The second kappa shape index (κ2) is 13.8. The summed E-state index contributed by atoms with van der Waals surface area (Å²) in [7, 11) is 0. The molecule has 1 aliphatic carbocycles. The van der Waals surface area contributed by atoms with Gasteiger partial charge in [0.2, 0.25) is 0 Å². The van der Waals surface area contributed by atoms with E-state index in [0.29, 0.717) is 36.3 Å². The first-order valence-corrected chi connectivity index (χ1v) is 13.4. The summed E-state index contributed by atoms with van der Waals surface area (Å²) in [6.07, 6.45) is 7.61. The Morgan fingerprint density at radius 1 is 1.05 bits per heavy atom. The van der Waals surface area contributed by atoms with E-state index < -0.39 is 23.4 Å². The van der Waals surface area contributed by atoms with E-state index in [1.54, 1.807) is 25.1 Å². The summed E-state index contributed by atoms with van der Waals surface area (Å²) in [5.74, 6) is -2.86. The fraction of sp³-hybridized carbons (Fsp3) is 0.516. The summed E-state index contributed by atoms with van der Waals surface area (Å²) in [4.78, 5) is 11.6. The smallest absolute Gasteiger partial charge is 0.333 e. The van der Waals surface area contributed by atoms with Gasteiger partial charge >= 0.3 is 5.97 Å². The summed E-state index contributed by atoms with van der Waals surface area (Å²) in [6, 6.07) is 7.86. The van der Waals surface area contributed by atoms with Crippen LogP contribution in [0.5, 0.6) is 0 Å². The Kier molecular flexibility index (Phi) is 10.8. The molecule has 0 spiro atoms. The minimum Gasteiger partial charge on any atom is -0.462 e. The Balaban J connectivity index is 1.62. The molecule has 0 radical (unpaired) electrons. The van der Waals surface area contributed by atoms with Gasteiger partial charge in [-0.25, -0.2) is 18.0 Å². The number of hydrogen-bond acceptors (Lipinski definition) is 3. The van der Waals surface area contributed by atoms with E-state index in [-0.39, 0.29) is 36.2 Å². The molecule has 0 saturated heterocycles. The molecule has 1 aliphatic rings. The van der Waals surface area contributed by atoms with Crippen LogP contribution < -0.4 is 0 Å². The van der Waals surface area contributed by atoms with Gasteiger partial charge in [0, 0.05) is 29.2 Å². The summed E-state index contributed by atoms with van der Waals surface area (Å²) < 4.78 is 50.3. The lowest BCUT2D eigenvalue weighted by molar-refractivity contribution is -0.140. The van der Waals surface area contributed by atoms with Gasteiger partial charge in [0.1, 0.15) is 5.82 Å². The number of aliphatic hydroxyl groups is 1. The number of halogens is 3. The largest absolute Gasteiger partial charge is 0.462 e. The highest BCUT2D eigenvalue weighted by Crippen LogP contribution is 2.41. The molecule has 0 aliphatic heterocycles. The van der Waals surface area contributed by atoms with Crippen LogP contribution in [0.3, 0.4) is 0 Å². The van der Waals surface area contributed by atoms with Crippen LogP contribution >= 0.6 is 0 Å². The van der Waals surface area contributed by atoms with Crippen LogP contribution in [-0.4, -0.2) is 24.3 Å². The van der Waals surface area contributed by atoms with Gasteiger partial charge in [0.15, 0.2) is 11.6 Å². The van der Waals surface area contributed by atoms with Gasteiger partial charge in [-0.05, 0) is 80.9 Å². The van der Waals surface area contributed by atoms with Crippen molar-refractivity contribution < 1.29 is 27.8 Å². The lowest BCUT2D eigenvalue weighted by Gasteiger charge is -2.31. The first-order valence-electron chi connectivity index (χ1n) is 13.4. The van der Waals surface area contributed by atoms with Crippen molar-refractivity contribution >= 4 is 5.97 Å². The van der Waals surface area contributed by atoms with E-state index in [1.165, 1.54) is 12.1 Å². The van der Waals surface area contributed by atoms with E-state index in [1.807, 2.05) is 0 Å². The highest BCUT2D eigenvalue weighted by atomic mass is 19.2. The van der Waals surface area contributed by atoms with Gasteiger partial charge in [-0.2, -0.15) is 0 Å². The molecule has 37 heavy (non-hydrogen) atoms. The number of unbranched alkanes of at least 4 members (excludes halogenated alkanes) is 2. The normalized spacial score (nSPS) is 18.4. The second-order valence-electron chi connectivity index (χ2n) is 10.5. The molecular formula is C31H39F3O3. The molecule has 3 rings (SSSR count). The minimum absolute atomic E-state index is 0.0531. The zero-order valence-electron chi connectivity index (χ0n) is 22.0. The Morgan fingerprint density at radius 2 is 1.76 bits per heavy atom. The molecule has 0 aromatic heterocycles. The van der Waals surface area contributed by atoms with Crippen molar-refractivity contribution in [3.63, 3.8) is 0 Å². The van der Waals surface area contributed by atoms with E-state index in [9.17, 15) is 14.3 Å². The van der Waals surface area contributed by atoms with Crippen molar-refractivity contribution in [2.45, 2.75) is 77.6 Å². The predicted octanol–water partition coefficient (Wildman–Crippen LogP) is 7.90. The van der Waals surface area contributed by atoms with Crippen LogP contribution in [0.2, 0.25) is 0 Å². The molecule has 202 valence electrons. The number of benzene rings is 2. The van der Waals surface area contributed by atoms with Crippen LogP contribution in [0.15, 0.2) is 42.5 Å². The molecular weight excluding hydrogens is 477 g/mol. The number of aliphatic hydroxyl groups excluding tert-OH is 1.